The van der Waals surface area contributed by atoms with Crippen molar-refractivity contribution in [3.8, 4) is 5.88 Å². The molecule has 1 aliphatic rings. The molecule has 0 aliphatic carbocycles. The largest absolute Gasteiger partial charge is 0.477 e. The van der Waals surface area contributed by atoms with Gasteiger partial charge >= 0.3 is 0 Å². The number of carbonyl (C=O) groups is 1. The van der Waals surface area contributed by atoms with Crippen LogP contribution in [0.1, 0.15) is 23.3 Å². The molecule has 4 rings (SSSR count). The van der Waals surface area contributed by atoms with Gasteiger partial charge in [0.15, 0.2) is 0 Å². The normalized spacial score (nSPS) is 15.2. The molecule has 1 saturated heterocycles. The molecule has 1 amide bonds. The van der Waals surface area contributed by atoms with Crippen LogP contribution in [0.25, 0.3) is 10.8 Å². The quantitative estimate of drug-likeness (QED) is 0.724. The summed E-state index contributed by atoms with van der Waals surface area (Å²) in [6, 6.07) is 15.5. The molecule has 3 aromatic rings. The molecule has 5 heteroatoms. The molecule has 0 atom stereocenters. The Hall–Kier alpha value is -2.95. The van der Waals surface area contributed by atoms with Gasteiger partial charge in [0.25, 0.3) is 5.91 Å². The first kappa shape index (κ1) is 16.5. The van der Waals surface area contributed by atoms with Gasteiger partial charge in [0, 0.05) is 36.9 Å². The zero-order chi connectivity index (χ0) is 17.8. The molecular weight excluding hydrogens is 326 g/mol. The molecule has 3 heterocycles. The van der Waals surface area contributed by atoms with Gasteiger partial charge in [-0.2, -0.15) is 0 Å². The molecule has 0 radical (unpaired) electrons. The van der Waals surface area contributed by atoms with Crippen LogP contribution in [-0.2, 0) is 0 Å². The van der Waals surface area contributed by atoms with E-state index in [4.69, 9.17) is 4.74 Å². The third-order valence-corrected chi connectivity index (χ3v) is 4.88. The monoisotopic (exact) mass is 347 g/mol. The van der Waals surface area contributed by atoms with E-state index >= 15 is 0 Å². The Balaban J connectivity index is 1.37. The van der Waals surface area contributed by atoms with Crippen molar-refractivity contribution in [1.82, 2.24) is 14.9 Å². The molecule has 2 aromatic heterocycles. The minimum atomic E-state index is 0.0193. The Morgan fingerprint density at radius 3 is 2.62 bits per heavy atom. The van der Waals surface area contributed by atoms with Crippen LogP contribution in [0.2, 0.25) is 0 Å². The average Bonchev–Trinajstić information content (AvgIpc) is 2.72. The topological polar surface area (TPSA) is 55.3 Å². The summed E-state index contributed by atoms with van der Waals surface area (Å²) in [6.45, 7) is 2.12. The van der Waals surface area contributed by atoms with E-state index in [-0.39, 0.29) is 5.91 Å². The second-order valence-corrected chi connectivity index (χ2v) is 6.60. The van der Waals surface area contributed by atoms with Crippen molar-refractivity contribution >= 4 is 16.7 Å². The highest BCUT2D eigenvalue weighted by atomic mass is 16.5. The summed E-state index contributed by atoms with van der Waals surface area (Å²) in [5.41, 5.74) is 0.547. The SMILES string of the molecule is O=C(c1nccc2ccccc12)N1CCC(COc2ccccn2)CC1. The standard InChI is InChI=1S/C21H21N3O2/c25-21(20-18-6-2-1-5-17(18)8-12-23-20)24-13-9-16(10-14-24)15-26-19-7-3-4-11-22-19/h1-8,11-12,16H,9-10,13-15H2. The molecule has 5 nitrogen and oxygen atoms in total. The van der Waals surface area contributed by atoms with E-state index < -0.39 is 0 Å². The fourth-order valence-corrected chi connectivity index (χ4v) is 3.38. The smallest absolute Gasteiger partial charge is 0.273 e. The van der Waals surface area contributed by atoms with Gasteiger partial charge in [0.2, 0.25) is 5.88 Å². The highest BCUT2D eigenvalue weighted by molar-refractivity contribution is 6.05. The number of benzene rings is 1. The zero-order valence-corrected chi connectivity index (χ0v) is 14.5. The molecule has 26 heavy (non-hydrogen) atoms. The number of hydrogen-bond acceptors (Lipinski definition) is 4. The summed E-state index contributed by atoms with van der Waals surface area (Å²) >= 11 is 0. The van der Waals surface area contributed by atoms with E-state index in [1.807, 2.05) is 53.4 Å². The van der Waals surface area contributed by atoms with Crippen molar-refractivity contribution < 1.29 is 9.53 Å². The van der Waals surface area contributed by atoms with E-state index in [0.717, 1.165) is 36.7 Å². The van der Waals surface area contributed by atoms with Gasteiger partial charge in [-0.15, -0.1) is 0 Å². The Labute approximate surface area is 152 Å². The first-order chi connectivity index (χ1) is 12.8. The van der Waals surface area contributed by atoms with Crippen LogP contribution in [0.15, 0.2) is 60.9 Å². The number of amides is 1. The van der Waals surface area contributed by atoms with Crippen molar-refractivity contribution in [1.29, 1.82) is 0 Å². The first-order valence-corrected chi connectivity index (χ1v) is 8.98. The van der Waals surface area contributed by atoms with Crippen LogP contribution in [0.3, 0.4) is 0 Å². The lowest BCUT2D eigenvalue weighted by molar-refractivity contribution is 0.0655. The number of rotatable bonds is 4. The van der Waals surface area contributed by atoms with Crippen LogP contribution < -0.4 is 4.74 Å². The van der Waals surface area contributed by atoms with E-state index in [2.05, 4.69) is 9.97 Å². The van der Waals surface area contributed by atoms with Gasteiger partial charge in [0.1, 0.15) is 5.69 Å². The number of nitrogens with zero attached hydrogens (tertiary/aromatic N) is 3. The lowest BCUT2D eigenvalue weighted by Crippen LogP contribution is -2.40. The fourth-order valence-electron chi connectivity index (χ4n) is 3.38. The van der Waals surface area contributed by atoms with Crippen LogP contribution in [0.5, 0.6) is 5.88 Å². The maximum Gasteiger partial charge on any atom is 0.273 e. The Morgan fingerprint density at radius 1 is 1.00 bits per heavy atom. The summed E-state index contributed by atoms with van der Waals surface area (Å²) < 4.78 is 5.76. The highest BCUT2D eigenvalue weighted by Gasteiger charge is 2.25. The van der Waals surface area contributed by atoms with Crippen molar-refractivity contribution in [2.75, 3.05) is 19.7 Å². The number of piperidine rings is 1. The van der Waals surface area contributed by atoms with Crippen molar-refractivity contribution in [3.63, 3.8) is 0 Å². The number of ether oxygens (including phenoxy) is 1. The summed E-state index contributed by atoms with van der Waals surface area (Å²) in [4.78, 5) is 23.4. The molecule has 1 aliphatic heterocycles. The zero-order valence-electron chi connectivity index (χ0n) is 14.5. The molecule has 1 fully saturated rings. The second kappa shape index (κ2) is 7.52. The molecule has 0 N–H and O–H groups in total. The minimum Gasteiger partial charge on any atom is -0.477 e. The Morgan fingerprint density at radius 2 is 1.81 bits per heavy atom. The maximum absolute atomic E-state index is 12.9. The van der Waals surface area contributed by atoms with E-state index in [9.17, 15) is 4.79 Å². The summed E-state index contributed by atoms with van der Waals surface area (Å²) in [5.74, 6) is 1.12. The van der Waals surface area contributed by atoms with Crippen LogP contribution in [0, 0.1) is 5.92 Å². The number of carbonyl (C=O) groups excluding carboxylic acids is 1. The van der Waals surface area contributed by atoms with Gasteiger partial charge in [-0.05, 0) is 36.3 Å². The number of pyridine rings is 2. The lowest BCUT2D eigenvalue weighted by atomic mass is 9.97. The third kappa shape index (κ3) is 3.52. The highest BCUT2D eigenvalue weighted by Crippen LogP contribution is 2.22. The Kier molecular flexibility index (Phi) is 4.78. The van der Waals surface area contributed by atoms with Gasteiger partial charge < -0.3 is 9.64 Å². The predicted molar refractivity (Wildman–Crippen MR) is 100 cm³/mol. The number of hydrogen-bond donors (Lipinski definition) is 0. The van der Waals surface area contributed by atoms with Gasteiger partial charge in [-0.3, -0.25) is 9.78 Å². The van der Waals surface area contributed by atoms with Crippen molar-refractivity contribution in [3.05, 3.63) is 66.6 Å². The van der Waals surface area contributed by atoms with E-state index in [1.165, 1.54) is 0 Å². The van der Waals surface area contributed by atoms with Crippen molar-refractivity contribution in [2.24, 2.45) is 5.92 Å². The lowest BCUT2D eigenvalue weighted by Gasteiger charge is -2.31. The predicted octanol–water partition coefficient (Wildman–Crippen LogP) is 3.56. The molecule has 0 saturated carbocycles. The molecule has 1 aromatic carbocycles. The summed E-state index contributed by atoms with van der Waals surface area (Å²) in [7, 11) is 0. The fraction of sp³-hybridized carbons (Fsp3) is 0.286. The maximum atomic E-state index is 12.9. The summed E-state index contributed by atoms with van der Waals surface area (Å²) in [5, 5.41) is 1.96. The molecule has 0 unspecified atom stereocenters. The summed E-state index contributed by atoms with van der Waals surface area (Å²) in [6.07, 6.45) is 5.31. The molecular formula is C21H21N3O2. The number of aromatic nitrogens is 2. The molecule has 0 spiro atoms. The van der Waals surface area contributed by atoms with Crippen molar-refractivity contribution in [2.45, 2.75) is 12.8 Å². The van der Waals surface area contributed by atoms with Crippen LogP contribution in [-0.4, -0.2) is 40.5 Å². The molecule has 0 bridgehead atoms. The van der Waals surface area contributed by atoms with Crippen LogP contribution >= 0.6 is 0 Å². The van der Waals surface area contributed by atoms with Gasteiger partial charge in [-0.1, -0.05) is 30.3 Å². The van der Waals surface area contributed by atoms with E-state index in [0.29, 0.717) is 24.1 Å². The van der Waals surface area contributed by atoms with Gasteiger partial charge in [-0.25, -0.2) is 4.98 Å². The average molecular weight is 347 g/mol. The Bertz CT molecular complexity index is 885. The minimum absolute atomic E-state index is 0.0193. The number of likely N-dealkylation sites (tertiary alicyclic amines) is 1. The van der Waals surface area contributed by atoms with Gasteiger partial charge in [0.05, 0.1) is 6.61 Å². The van der Waals surface area contributed by atoms with Crippen LogP contribution in [0.4, 0.5) is 0 Å². The molecule has 132 valence electrons. The first-order valence-electron chi connectivity index (χ1n) is 8.98. The van der Waals surface area contributed by atoms with E-state index in [1.54, 1.807) is 12.4 Å². The number of fused-ring (bicyclic) bond motifs is 1. The second-order valence-electron chi connectivity index (χ2n) is 6.60. The third-order valence-electron chi connectivity index (χ3n) is 4.88.